The molecule has 63 heavy (non-hydrogen) atoms. The van der Waals surface area contributed by atoms with Crippen molar-refractivity contribution in [1.29, 1.82) is 0 Å². The maximum Gasteiger partial charge on any atom is 0.160 e. The van der Waals surface area contributed by atoms with Crippen molar-refractivity contribution in [3.63, 3.8) is 0 Å². The fourth-order valence-electron chi connectivity index (χ4n) is 9.70. The molecule has 1 aliphatic carbocycles. The van der Waals surface area contributed by atoms with Crippen LogP contribution in [0.25, 0.3) is 98.6 Å². The summed E-state index contributed by atoms with van der Waals surface area (Å²) in [6.07, 6.45) is 0. The van der Waals surface area contributed by atoms with E-state index in [2.05, 4.69) is 225 Å². The number of hydrogen-bond donors (Lipinski definition) is 0. The Morgan fingerprint density at radius 3 is 1.62 bits per heavy atom. The number of nitrogens with zero attached hydrogens (tertiary/aromatic N) is 2. The predicted octanol–water partition coefficient (Wildman–Crippen LogP) is 16.2. The minimum Gasteiger partial charge on any atom is -0.228 e. The molecule has 0 aliphatic heterocycles. The van der Waals surface area contributed by atoms with Gasteiger partial charge in [-0.25, -0.2) is 9.97 Å². The van der Waals surface area contributed by atoms with Crippen LogP contribution in [0.15, 0.2) is 224 Å². The smallest absolute Gasteiger partial charge is 0.160 e. The van der Waals surface area contributed by atoms with E-state index in [0.29, 0.717) is 5.82 Å². The molecular weight excluding hydrogens is 781 g/mol. The molecule has 0 amide bonds. The molecule has 1 atom stereocenters. The van der Waals surface area contributed by atoms with Gasteiger partial charge >= 0.3 is 0 Å². The van der Waals surface area contributed by atoms with Crippen LogP contribution in [-0.4, -0.2) is 9.97 Å². The van der Waals surface area contributed by atoms with Crippen molar-refractivity contribution in [3.8, 4) is 78.4 Å². The molecule has 0 radical (unpaired) electrons. The lowest BCUT2D eigenvalue weighted by atomic mass is 9.74. The van der Waals surface area contributed by atoms with E-state index < -0.39 is 0 Å². The van der Waals surface area contributed by atoms with Crippen LogP contribution in [0.4, 0.5) is 0 Å². The minimum absolute atomic E-state index is 0.272. The van der Waals surface area contributed by atoms with E-state index in [1.807, 2.05) is 17.4 Å². The molecule has 0 spiro atoms. The van der Waals surface area contributed by atoms with Crippen LogP contribution in [0.1, 0.15) is 23.6 Å². The zero-order valence-corrected chi connectivity index (χ0v) is 35.5. The van der Waals surface area contributed by atoms with Crippen molar-refractivity contribution < 1.29 is 0 Å². The van der Waals surface area contributed by atoms with Gasteiger partial charge in [-0.3, -0.25) is 0 Å². The summed E-state index contributed by atoms with van der Waals surface area (Å²) in [7, 11) is 0. The van der Waals surface area contributed by atoms with E-state index in [0.717, 1.165) is 44.8 Å². The number of rotatable bonds is 7. The molecule has 0 fully saturated rings. The van der Waals surface area contributed by atoms with Gasteiger partial charge in [-0.2, -0.15) is 0 Å². The Morgan fingerprint density at radius 1 is 0.333 bits per heavy atom. The zero-order valence-electron chi connectivity index (χ0n) is 34.7. The largest absolute Gasteiger partial charge is 0.228 e. The SMILES string of the molecule is CC1(c2ccccc2)c2ccccc2-c2cc(-c3cc(-c4cc(-c5ccc(-c6ccccc6)cc5)cc(-c5ccc6sc7ccccc7c6c5)c4)nc(-c4ccccc4)n3)ccc21. The third-order valence-corrected chi connectivity index (χ3v) is 14.1. The molecule has 296 valence electrons. The van der Waals surface area contributed by atoms with Gasteiger partial charge in [-0.15, -0.1) is 11.3 Å². The van der Waals surface area contributed by atoms with Gasteiger partial charge in [0.2, 0.25) is 0 Å². The topological polar surface area (TPSA) is 25.8 Å². The Bertz CT molecular complexity index is 3500. The molecule has 1 unspecified atom stereocenters. The summed E-state index contributed by atoms with van der Waals surface area (Å²) in [5, 5.41) is 2.57. The molecule has 0 bridgehead atoms. The van der Waals surface area contributed by atoms with E-state index in [4.69, 9.17) is 9.97 Å². The maximum atomic E-state index is 5.37. The Hall–Kier alpha value is -7.72. The van der Waals surface area contributed by atoms with Crippen LogP contribution in [0.3, 0.4) is 0 Å². The Balaban J connectivity index is 1.04. The highest BCUT2D eigenvalue weighted by Crippen LogP contribution is 2.53. The highest BCUT2D eigenvalue weighted by molar-refractivity contribution is 7.25. The van der Waals surface area contributed by atoms with Gasteiger partial charge in [-0.05, 0) is 117 Å². The summed E-state index contributed by atoms with van der Waals surface area (Å²) < 4.78 is 2.60. The van der Waals surface area contributed by atoms with Crippen LogP contribution < -0.4 is 0 Å². The first-order valence-corrected chi connectivity index (χ1v) is 22.4. The number of thiophene rings is 1. The van der Waals surface area contributed by atoms with Crippen molar-refractivity contribution in [2.45, 2.75) is 12.3 Å². The summed E-state index contributed by atoms with van der Waals surface area (Å²) in [4.78, 5) is 10.7. The van der Waals surface area contributed by atoms with E-state index in [9.17, 15) is 0 Å². The highest BCUT2D eigenvalue weighted by Gasteiger charge is 2.40. The quantitative estimate of drug-likeness (QED) is 0.160. The van der Waals surface area contributed by atoms with E-state index in [1.54, 1.807) is 0 Å². The third-order valence-electron chi connectivity index (χ3n) is 13.0. The summed E-state index contributed by atoms with van der Waals surface area (Å²) in [6, 6.07) is 81.3. The van der Waals surface area contributed by atoms with E-state index >= 15 is 0 Å². The lowest BCUT2D eigenvalue weighted by Gasteiger charge is -2.28. The molecule has 2 heterocycles. The molecule has 2 nitrogen and oxygen atoms in total. The second kappa shape index (κ2) is 15.0. The van der Waals surface area contributed by atoms with Crippen molar-refractivity contribution in [2.24, 2.45) is 0 Å². The summed E-state index contributed by atoms with van der Waals surface area (Å²) in [6.45, 7) is 2.36. The third kappa shape index (κ3) is 6.40. The van der Waals surface area contributed by atoms with Gasteiger partial charge < -0.3 is 0 Å². The first-order valence-electron chi connectivity index (χ1n) is 21.5. The van der Waals surface area contributed by atoms with Gasteiger partial charge in [0.25, 0.3) is 0 Å². The summed E-state index contributed by atoms with van der Waals surface area (Å²) in [5.41, 5.74) is 18.0. The molecule has 0 saturated heterocycles. The van der Waals surface area contributed by atoms with Gasteiger partial charge in [0.1, 0.15) is 0 Å². The van der Waals surface area contributed by atoms with Crippen LogP contribution in [0.5, 0.6) is 0 Å². The van der Waals surface area contributed by atoms with E-state index in [1.165, 1.54) is 64.7 Å². The van der Waals surface area contributed by atoms with Gasteiger partial charge in [0.15, 0.2) is 5.82 Å². The van der Waals surface area contributed by atoms with Crippen LogP contribution in [0.2, 0.25) is 0 Å². The maximum absolute atomic E-state index is 5.37. The van der Waals surface area contributed by atoms with Crippen molar-refractivity contribution >= 4 is 31.5 Å². The van der Waals surface area contributed by atoms with Crippen LogP contribution in [0, 0.1) is 0 Å². The number of benzene rings is 9. The molecule has 0 saturated carbocycles. The fourth-order valence-corrected chi connectivity index (χ4v) is 10.8. The van der Waals surface area contributed by atoms with Gasteiger partial charge in [0, 0.05) is 42.3 Å². The van der Waals surface area contributed by atoms with Crippen molar-refractivity contribution in [1.82, 2.24) is 9.97 Å². The normalized spacial score (nSPS) is 14.2. The molecule has 3 heteroatoms. The van der Waals surface area contributed by atoms with Crippen molar-refractivity contribution in [3.05, 3.63) is 241 Å². The average molecular weight is 821 g/mol. The standard InChI is InChI=1S/C60H40N2S/c1-60(48-19-9-4-10-20-48)53-23-13-11-21-49(53)51-37-44(29-31-54(51)60)55-38-56(62-59(61-55)42-17-7-3-8-18-42)47-34-45(41-27-25-40(26-28-41)39-15-5-2-6-16-39)33-46(35-47)43-30-32-58-52(36-43)50-22-12-14-24-57(50)63-58/h2-38H,1H3. The van der Waals surface area contributed by atoms with Gasteiger partial charge in [-0.1, -0.05) is 176 Å². The molecule has 11 aromatic rings. The first-order chi connectivity index (χ1) is 31.1. The summed E-state index contributed by atoms with van der Waals surface area (Å²) in [5.74, 6) is 0.698. The molecule has 9 aromatic carbocycles. The van der Waals surface area contributed by atoms with Crippen LogP contribution in [-0.2, 0) is 5.41 Å². The minimum atomic E-state index is -0.272. The number of hydrogen-bond acceptors (Lipinski definition) is 3. The second-order valence-electron chi connectivity index (χ2n) is 16.7. The average Bonchev–Trinajstić information content (AvgIpc) is 3.87. The molecule has 12 rings (SSSR count). The Kier molecular flexibility index (Phi) is 8.84. The fraction of sp³-hybridized carbons (Fsp3) is 0.0333. The van der Waals surface area contributed by atoms with Gasteiger partial charge in [0.05, 0.1) is 11.4 Å². The molecular formula is C60H40N2S. The number of fused-ring (bicyclic) bond motifs is 6. The predicted molar refractivity (Wildman–Crippen MR) is 265 cm³/mol. The Morgan fingerprint density at radius 2 is 0.857 bits per heavy atom. The van der Waals surface area contributed by atoms with Crippen LogP contribution >= 0.6 is 11.3 Å². The lowest BCUT2D eigenvalue weighted by Crippen LogP contribution is -2.22. The molecule has 0 N–H and O–H groups in total. The van der Waals surface area contributed by atoms with E-state index in [-0.39, 0.29) is 5.41 Å². The summed E-state index contributed by atoms with van der Waals surface area (Å²) >= 11 is 1.85. The monoisotopic (exact) mass is 820 g/mol. The van der Waals surface area contributed by atoms with Crippen molar-refractivity contribution in [2.75, 3.05) is 0 Å². The molecule has 2 aromatic heterocycles. The lowest BCUT2D eigenvalue weighted by molar-refractivity contribution is 0.714. The highest BCUT2D eigenvalue weighted by atomic mass is 32.1. The number of aromatic nitrogens is 2. The molecule has 1 aliphatic rings. The Labute approximate surface area is 371 Å². The zero-order chi connectivity index (χ0) is 41.9. The second-order valence-corrected chi connectivity index (χ2v) is 17.8. The first kappa shape index (κ1) is 37.1.